The Morgan fingerprint density at radius 3 is 2.30 bits per heavy atom. The zero-order chi connectivity index (χ0) is 14.6. The topological polar surface area (TPSA) is 15.3 Å². The number of nitrogens with zero attached hydrogens (tertiary/aromatic N) is 1. The van der Waals surface area contributed by atoms with Crippen molar-refractivity contribution < 1.29 is 0 Å². The Hall–Kier alpha value is -0.0800. The lowest BCUT2D eigenvalue weighted by atomic mass is 9.86. The van der Waals surface area contributed by atoms with Gasteiger partial charge in [0.05, 0.1) is 0 Å². The first-order valence-corrected chi connectivity index (χ1v) is 8.98. The molecule has 2 heteroatoms. The summed E-state index contributed by atoms with van der Waals surface area (Å²) >= 11 is 0. The van der Waals surface area contributed by atoms with Crippen molar-refractivity contribution >= 4 is 0 Å². The third kappa shape index (κ3) is 4.21. The van der Waals surface area contributed by atoms with Crippen LogP contribution >= 0.6 is 0 Å². The van der Waals surface area contributed by atoms with Gasteiger partial charge in [-0.2, -0.15) is 0 Å². The third-order valence-electron chi connectivity index (χ3n) is 5.56. The van der Waals surface area contributed by atoms with E-state index < -0.39 is 0 Å². The molecule has 0 aromatic carbocycles. The van der Waals surface area contributed by atoms with Gasteiger partial charge in [0.25, 0.3) is 0 Å². The fourth-order valence-electron chi connectivity index (χ4n) is 3.66. The molecule has 2 fully saturated rings. The Morgan fingerprint density at radius 1 is 1.00 bits per heavy atom. The van der Waals surface area contributed by atoms with Crippen molar-refractivity contribution in [1.82, 2.24) is 10.2 Å². The van der Waals surface area contributed by atoms with E-state index in [2.05, 4.69) is 37.9 Å². The second-order valence-corrected chi connectivity index (χ2v) is 8.05. The van der Waals surface area contributed by atoms with Crippen LogP contribution in [0.25, 0.3) is 0 Å². The first kappa shape index (κ1) is 16.3. The lowest BCUT2D eigenvalue weighted by Gasteiger charge is -2.51. The molecule has 1 atom stereocenters. The molecule has 1 unspecified atom stereocenters. The predicted octanol–water partition coefficient (Wildman–Crippen LogP) is 4.20. The molecule has 118 valence electrons. The first-order valence-electron chi connectivity index (χ1n) is 8.98. The van der Waals surface area contributed by atoms with Crippen LogP contribution in [-0.4, -0.2) is 35.6 Å². The van der Waals surface area contributed by atoms with Crippen LogP contribution in [0.15, 0.2) is 0 Å². The minimum atomic E-state index is 0.331. The molecule has 2 nitrogen and oxygen atoms in total. The number of unbranched alkanes of at least 4 members (excludes halogenated alkanes) is 5. The highest BCUT2D eigenvalue weighted by atomic mass is 15.3. The maximum Gasteiger partial charge on any atom is 0.0309 e. The molecule has 1 saturated carbocycles. The molecule has 0 bridgehead atoms. The van der Waals surface area contributed by atoms with Gasteiger partial charge in [-0.15, -0.1) is 0 Å². The molecule has 2 aliphatic rings. The maximum absolute atomic E-state index is 3.85. The summed E-state index contributed by atoms with van der Waals surface area (Å²) in [5.41, 5.74) is 0.718. The summed E-state index contributed by atoms with van der Waals surface area (Å²) < 4.78 is 0. The van der Waals surface area contributed by atoms with Crippen LogP contribution in [0, 0.1) is 5.92 Å². The van der Waals surface area contributed by atoms with Crippen molar-refractivity contribution in [2.24, 2.45) is 5.92 Å². The second kappa shape index (κ2) is 6.79. The van der Waals surface area contributed by atoms with Crippen LogP contribution in [0.1, 0.15) is 79.1 Å². The van der Waals surface area contributed by atoms with E-state index in [1.54, 1.807) is 0 Å². The van der Waals surface area contributed by atoms with E-state index in [0.717, 1.165) is 12.5 Å². The normalized spacial score (nSPS) is 30.6. The summed E-state index contributed by atoms with van der Waals surface area (Å²) in [7, 11) is 0. The highest BCUT2D eigenvalue weighted by Crippen LogP contribution is 2.42. The van der Waals surface area contributed by atoms with Gasteiger partial charge in [-0.05, 0) is 52.5 Å². The van der Waals surface area contributed by atoms with E-state index in [0.29, 0.717) is 11.1 Å². The number of rotatable bonds is 8. The summed E-state index contributed by atoms with van der Waals surface area (Å²) in [5.74, 6) is 0.936. The van der Waals surface area contributed by atoms with Gasteiger partial charge in [0.15, 0.2) is 0 Å². The van der Waals surface area contributed by atoms with E-state index in [4.69, 9.17) is 0 Å². The Morgan fingerprint density at radius 2 is 1.65 bits per heavy atom. The lowest BCUT2D eigenvalue weighted by molar-refractivity contribution is 0.0231. The highest BCUT2D eigenvalue weighted by Gasteiger charge is 2.47. The van der Waals surface area contributed by atoms with Gasteiger partial charge in [0.1, 0.15) is 0 Å². The summed E-state index contributed by atoms with van der Waals surface area (Å²) in [6.45, 7) is 13.3. The van der Waals surface area contributed by atoms with Crippen LogP contribution in [0.3, 0.4) is 0 Å². The van der Waals surface area contributed by atoms with Crippen LogP contribution in [0.2, 0.25) is 0 Å². The molecule has 1 saturated heterocycles. The average Bonchev–Trinajstić information content (AvgIpc) is 3.23. The number of piperazine rings is 1. The minimum Gasteiger partial charge on any atom is -0.308 e. The van der Waals surface area contributed by atoms with E-state index >= 15 is 0 Å². The molecule has 20 heavy (non-hydrogen) atoms. The Kier molecular flexibility index (Phi) is 5.53. The van der Waals surface area contributed by atoms with E-state index in [9.17, 15) is 0 Å². The van der Waals surface area contributed by atoms with Gasteiger partial charge in [-0.25, -0.2) is 0 Å². The van der Waals surface area contributed by atoms with Gasteiger partial charge in [-0.3, -0.25) is 4.90 Å². The summed E-state index contributed by atoms with van der Waals surface area (Å²) in [6.07, 6.45) is 11.3. The van der Waals surface area contributed by atoms with E-state index in [-0.39, 0.29) is 0 Å². The Balaban J connectivity index is 1.75. The van der Waals surface area contributed by atoms with Crippen molar-refractivity contribution in [2.45, 2.75) is 90.1 Å². The third-order valence-corrected chi connectivity index (χ3v) is 5.56. The van der Waals surface area contributed by atoms with Crippen LogP contribution in [-0.2, 0) is 0 Å². The molecule has 0 radical (unpaired) electrons. The molecule has 1 N–H and O–H groups in total. The van der Waals surface area contributed by atoms with Crippen molar-refractivity contribution in [3.8, 4) is 0 Å². The van der Waals surface area contributed by atoms with Crippen LogP contribution < -0.4 is 5.32 Å². The fourth-order valence-corrected chi connectivity index (χ4v) is 3.66. The van der Waals surface area contributed by atoms with Crippen molar-refractivity contribution in [1.29, 1.82) is 0 Å². The zero-order valence-corrected chi connectivity index (χ0v) is 14.3. The molecule has 0 aromatic heterocycles. The molecule has 2 rings (SSSR count). The molecular formula is C18H36N2. The van der Waals surface area contributed by atoms with Crippen molar-refractivity contribution in [3.05, 3.63) is 0 Å². The molecule has 1 aliphatic heterocycles. The van der Waals surface area contributed by atoms with E-state index in [1.807, 2.05) is 0 Å². The molecule has 0 amide bonds. The lowest BCUT2D eigenvalue weighted by Crippen LogP contribution is -2.68. The SMILES string of the molecule is CCCCCCCCN1CC(C)(C2CC2)NCC1(C)C. The minimum absolute atomic E-state index is 0.331. The van der Waals surface area contributed by atoms with Gasteiger partial charge in [0.2, 0.25) is 0 Å². The maximum atomic E-state index is 3.85. The largest absolute Gasteiger partial charge is 0.308 e. The second-order valence-electron chi connectivity index (χ2n) is 8.05. The zero-order valence-electron chi connectivity index (χ0n) is 14.3. The molecular weight excluding hydrogens is 244 g/mol. The van der Waals surface area contributed by atoms with E-state index in [1.165, 1.54) is 64.5 Å². The molecule has 0 spiro atoms. The Labute approximate surface area is 126 Å². The highest BCUT2D eigenvalue weighted by molar-refractivity contribution is 5.06. The van der Waals surface area contributed by atoms with Crippen LogP contribution in [0.5, 0.6) is 0 Å². The molecule has 0 aromatic rings. The molecule has 1 heterocycles. The van der Waals surface area contributed by atoms with Gasteiger partial charge < -0.3 is 5.32 Å². The quantitative estimate of drug-likeness (QED) is 0.670. The standard InChI is InChI=1S/C18H36N2/c1-5-6-7-8-9-10-13-20-15-18(4,16-11-12-16)19-14-17(20,2)3/h16,19H,5-15H2,1-4H3. The number of hydrogen-bond acceptors (Lipinski definition) is 2. The molecule has 1 aliphatic carbocycles. The van der Waals surface area contributed by atoms with Gasteiger partial charge in [-0.1, -0.05) is 39.0 Å². The monoisotopic (exact) mass is 280 g/mol. The Bertz CT molecular complexity index is 296. The van der Waals surface area contributed by atoms with Gasteiger partial charge in [0, 0.05) is 24.2 Å². The van der Waals surface area contributed by atoms with Crippen molar-refractivity contribution in [2.75, 3.05) is 19.6 Å². The number of hydrogen-bond donors (Lipinski definition) is 1. The summed E-state index contributed by atoms with van der Waals surface area (Å²) in [5, 5.41) is 3.85. The summed E-state index contributed by atoms with van der Waals surface area (Å²) in [6, 6.07) is 0. The number of nitrogens with one attached hydrogen (secondary N) is 1. The smallest absolute Gasteiger partial charge is 0.0309 e. The van der Waals surface area contributed by atoms with Crippen molar-refractivity contribution in [3.63, 3.8) is 0 Å². The van der Waals surface area contributed by atoms with Crippen LogP contribution in [0.4, 0.5) is 0 Å². The predicted molar refractivity (Wildman–Crippen MR) is 88.2 cm³/mol. The fraction of sp³-hybridized carbons (Fsp3) is 1.00. The van der Waals surface area contributed by atoms with Gasteiger partial charge >= 0.3 is 0 Å². The average molecular weight is 280 g/mol. The summed E-state index contributed by atoms with van der Waals surface area (Å²) in [4.78, 5) is 2.77. The first-order chi connectivity index (χ1) is 9.48.